The molecule has 3 nitrogen and oxygen atoms in total. The third-order valence-corrected chi connectivity index (χ3v) is 2.28. The van der Waals surface area contributed by atoms with E-state index in [2.05, 4.69) is 0 Å². The predicted octanol–water partition coefficient (Wildman–Crippen LogP) is 3.36. The Morgan fingerprint density at radius 3 is 2.33 bits per heavy atom. The van der Waals surface area contributed by atoms with Gasteiger partial charge in [-0.25, -0.2) is 0 Å². The van der Waals surface area contributed by atoms with Gasteiger partial charge in [0.2, 0.25) is 0 Å². The molecule has 1 aromatic rings. The molecule has 0 aliphatic rings. The molecule has 100 valence electrons. The van der Waals surface area contributed by atoms with E-state index in [9.17, 15) is 18.0 Å². The van der Waals surface area contributed by atoms with Crippen LogP contribution in [0.3, 0.4) is 0 Å². The number of nitrogens with one attached hydrogen (secondary N) is 1. The minimum atomic E-state index is -4.88. The molecular weight excluding hydrogens is 247 g/mol. The maximum atomic E-state index is 12.0. The maximum absolute atomic E-state index is 12.0. The van der Waals surface area contributed by atoms with E-state index in [0.717, 1.165) is 6.42 Å². The Kier molecular flexibility index (Phi) is 4.58. The molecule has 0 bridgehead atoms. The first-order valence-electron chi connectivity index (χ1n) is 5.47. The average molecular weight is 261 g/mol. The number of ether oxygens (including phenoxy) is 1. The van der Waals surface area contributed by atoms with Crippen molar-refractivity contribution >= 4 is 11.6 Å². The lowest BCUT2D eigenvalue weighted by Gasteiger charge is -2.13. The molecule has 0 heterocycles. The lowest BCUT2D eigenvalue weighted by Crippen LogP contribution is -2.29. The first kappa shape index (κ1) is 14.3. The summed E-state index contributed by atoms with van der Waals surface area (Å²) in [4.78, 5) is 10.7. The third kappa shape index (κ3) is 4.27. The molecule has 0 spiro atoms. The van der Waals surface area contributed by atoms with E-state index >= 15 is 0 Å². The van der Waals surface area contributed by atoms with Crippen LogP contribution >= 0.6 is 0 Å². The first-order valence-corrected chi connectivity index (χ1v) is 5.47. The van der Waals surface area contributed by atoms with Gasteiger partial charge in [0.25, 0.3) is 0 Å². The summed E-state index contributed by atoms with van der Waals surface area (Å²) < 4.78 is 41.4. The molecule has 0 fully saturated rings. The SMILES string of the molecule is CCC(C)Oc1ccc(NC(=O)C(F)(F)F)cc1. The zero-order chi connectivity index (χ0) is 13.8. The topological polar surface area (TPSA) is 38.3 Å². The van der Waals surface area contributed by atoms with Crippen LogP contribution in [0.2, 0.25) is 0 Å². The van der Waals surface area contributed by atoms with E-state index in [-0.39, 0.29) is 11.8 Å². The van der Waals surface area contributed by atoms with Crippen molar-refractivity contribution in [3.8, 4) is 5.75 Å². The van der Waals surface area contributed by atoms with Gasteiger partial charge in [-0.2, -0.15) is 13.2 Å². The van der Waals surface area contributed by atoms with Crippen LogP contribution in [0, 0.1) is 0 Å². The van der Waals surface area contributed by atoms with Crippen molar-refractivity contribution in [3.05, 3.63) is 24.3 Å². The Morgan fingerprint density at radius 1 is 1.33 bits per heavy atom. The van der Waals surface area contributed by atoms with Gasteiger partial charge in [-0.1, -0.05) is 6.92 Å². The summed E-state index contributed by atoms with van der Waals surface area (Å²) >= 11 is 0. The lowest BCUT2D eigenvalue weighted by molar-refractivity contribution is -0.167. The Morgan fingerprint density at radius 2 is 1.89 bits per heavy atom. The van der Waals surface area contributed by atoms with Crippen molar-refractivity contribution in [2.45, 2.75) is 32.5 Å². The van der Waals surface area contributed by atoms with E-state index < -0.39 is 12.1 Å². The van der Waals surface area contributed by atoms with Crippen molar-refractivity contribution in [1.29, 1.82) is 0 Å². The minimum Gasteiger partial charge on any atom is -0.491 e. The zero-order valence-corrected chi connectivity index (χ0v) is 10.0. The number of rotatable bonds is 4. The fraction of sp³-hybridized carbons (Fsp3) is 0.417. The maximum Gasteiger partial charge on any atom is 0.471 e. The highest BCUT2D eigenvalue weighted by atomic mass is 19.4. The van der Waals surface area contributed by atoms with E-state index in [0.29, 0.717) is 5.75 Å². The van der Waals surface area contributed by atoms with Gasteiger partial charge in [-0.15, -0.1) is 0 Å². The summed E-state index contributed by atoms with van der Waals surface area (Å²) in [7, 11) is 0. The summed E-state index contributed by atoms with van der Waals surface area (Å²) in [6.45, 7) is 3.85. The fourth-order valence-corrected chi connectivity index (χ4v) is 1.13. The molecule has 18 heavy (non-hydrogen) atoms. The Bertz CT molecular complexity index is 401. The van der Waals surface area contributed by atoms with Crippen molar-refractivity contribution in [1.82, 2.24) is 0 Å². The average Bonchev–Trinajstić information content (AvgIpc) is 2.30. The van der Waals surface area contributed by atoms with E-state index in [1.165, 1.54) is 24.3 Å². The highest BCUT2D eigenvalue weighted by molar-refractivity contribution is 5.94. The number of alkyl halides is 3. The van der Waals surface area contributed by atoms with Crippen molar-refractivity contribution < 1.29 is 22.7 Å². The number of carbonyl (C=O) groups excluding carboxylic acids is 1. The molecule has 1 rings (SSSR count). The van der Waals surface area contributed by atoms with Crippen LogP contribution < -0.4 is 10.1 Å². The molecule has 0 radical (unpaired) electrons. The van der Waals surface area contributed by atoms with Crippen LogP contribution in [-0.4, -0.2) is 18.2 Å². The number of carbonyl (C=O) groups is 1. The summed E-state index contributed by atoms with van der Waals surface area (Å²) in [6.07, 6.45) is -4.03. The van der Waals surface area contributed by atoms with Crippen molar-refractivity contribution in [2.24, 2.45) is 0 Å². The molecule has 0 saturated heterocycles. The zero-order valence-electron chi connectivity index (χ0n) is 10.0. The molecule has 0 aromatic heterocycles. The van der Waals surface area contributed by atoms with Crippen molar-refractivity contribution in [2.75, 3.05) is 5.32 Å². The van der Waals surface area contributed by atoms with Gasteiger partial charge in [0.1, 0.15) is 5.75 Å². The molecule has 1 atom stereocenters. The molecular formula is C12H14F3NO2. The highest BCUT2D eigenvalue weighted by Gasteiger charge is 2.38. The first-order chi connectivity index (χ1) is 8.32. The quantitative estimate of drug-likeness (QED) is 0.902. The number of anilines is 1. The second kappa shape index (κ2) is 5.75. The smallest absolute Gasteiger partial charge is 0.471 e. The lowest BCUT2D eigenvalue weighted by atomic mass is 10.2. The summed E-state index contributed by atoms with van der Waals surface area (Å²) in [5.74, 6) is -1.44. The van der Waals surface area contributed by atoms with Gasteiger partial charge >= 0.3 is 12.1 Å². The molecule has 1 N–H and O–H groups in total. The molecule has 0 aliphatic heterocycles. The number of hydrogen-bond donors (Lipinski definition) is 1. The third-order valence-electron chi connectivity index (χ3n) is 2.28. The van der Waals surface area contributed by atoms with E-state index in [1.807, 2.05) is 13.8 Å². The minimum absolute atomic E-state index is 0.0283. The van der Waals surface area contributed by atoms with Crippen LogP contribution in [0.4, 0.5) is 18.9 Å². The number of halogens is 3. The monoisotopic (exact) mass is 261 g/mol. The second-order valence-electron chi connectivity index (χ2n) is 3.81. The van der Waals surface area contributed by atoms with Gasteiger partial charge in [-0.3, -0.25) is 4.79 Å². The molecule has 6 heteroatoms. The molecule has 1 aromatic carbocycles. The van der Waals surface area contributed by atoms with Crippen molar-refractivity contribution in [3.63, 3.8) is 0 Å². The van der Waals surface area contributed by atoms with Crippen LogP contribution in [-0.2, 0) is 4.79 Å². The number of benzene rings is 1. The van der Waals surface area contributed by atoms with Crippen LogP contribution in [0.15, 0.2) is 24.3 Å². The molecule has 1 amide bonds. The second-order valence-corrected chi connectivity index (χ2v) is 3.81. The number of hydrogen-bond acceptors (Lipinski definition) is 2. The molecule has 1 unspecified atom stereocenters. The van der Waals surface area contributed by atoms with Crippen LogP contribution in [0.1, 0.15) is 20.3 Å². The van der Waals surface area contributed by atoms with Gasteiger partial charge in [0.15, 0.2) is 0 Å². The summed E-state index contributed by atoms with van der Waals surface area (Å²) in [5.41, 5.74) is 0.0776. The Hall–Kier alpha value is -1.72. The van der Waals surface area contributed by atoms with Crippen LogP contribution in [0.25, 0.3) is 0 Å². The van der Waals surface area contributed by atoms with Gasteiger partial charge in [-0.05, 0) is 37.6 Å². The van der Waals surface area contributed by atoms with Gasteiger partial charge in [0, 0.05) is 5.69 Å². The summed E-state index contributed by atoms with van der Waals surface area (Å²) in [5, 5.41) is 1.76. The van der Waals surface area contributed by atoms with Crippen LogP contribution in [0.5, 0.6) is 5.75 Å². The van der Waals surface area contributed by atoms with E-state index in [1.54, 1.807) is 5.32 Å². The van der Waals surface area contributed by atoms with Gasteiger partial charge in [0.05, 0.1) is 6.10 Å². The van der Waals surface area contributed by atoms with E-state index in [4.69, 9.17) is 4.74 Å². The Balaban J connectivity index is 2.63. The number of amides is 1. The molecule has 0 saturated carbocycles. The summed E-state index contributed by atoms with van der Waals surface area (Å²) in [6, 6.07) is 5.75. The van der Waals surface area contributed by atoms with Gasteiger partial charge < -0.3 is 10.1 Å². The fourth-order valence-electron chi connectivity index (χ4n) is 1.13. The largest absolute Gasteiger partial charge is 0.491 e. The normalized spacial score (nSPS) is 12.9. The molecule has 0 aliphatic carbocycles. The highest BCUT2D eigenvalue weighted by Crippen LogP contribution is 2.21. The standard InChI is InChI=1S/C12H14F3NO2/c1-3-8(2)18-10-6-4-9(5-7-10)16-11(17)12(13,14)15/h4-8H,3H2,1-2H3,(H,16,17). The predicted molar refractivity (Wildman–Crippen MR) is 61.5 cm³/mol. The Labute approximate surface area is 103 Å².